The van der Waals surface area contributed by atoms with E-state index in [1.807, 2.05) is 18.2 Å². The normalized spacial score (nSPS) is 16.2. The molecule has 0 fully saturated rings. The third kappa shape index (κ3) is 2.18. The average Bonchev–Trinajstić information content (AvgIpc) is 2.48. The van der Waals surface area contributed by atoms with Crippen LogP contribution in [0.1, 0.15) is 24.0 Å². The molecule has 0 unspecified atom stereocenters. The van der Waals surface area contributed by atoms with Crippen LogP contribution in [0, 0.1) is 11.6 Å². The third-order valence-electron chi connectivity index (χ3n) is 3.65. The zero-order chi connectivity index (χ0) is 14.1. The lowest BCUT2D eigenvalue weighted by atomic mass is 9.88. The first-order valence-corrected chi connectivity index (χ1v) is 6.48. The van der Waals surface area contributed by atoms with Gasteiger partial charge in [0.05, 0.1) is 5.71 Å². The molecule has 0 spiro atoms. The Bertz CT molecular complexity index is 695. The Labute approximate surface area is 115 Å². The lowest BCUT2D eigenvalue weighted by Gasteiger charge is -2.17. The van der Waals surface area contributed by atoms with Crippen molar-refractivity contribution in [3.05, 3.63) is 59.2 Å². The first-order valence-electron chi connectivity index (χ1n) is 6.48. The van der Waals surface area contributed by atoms with Crippen molar-refractivity contribution in [2.45, 2.75) is 19.3 Å². The molecule has 1 aliphatic carbocycles. The van der Waals surface area contributed by atoms with E-state index in [1.54, 1.807) is 6.07 Å². The molecule has 20 heavy (non-hydrogen) atoms. The zero-order valence-corrected chi connectivity index (χ0v) is 10.7. The molecule has 3 rings (SSSR count). The van der Waals surface area contributed by atoms with Crippen molar-refractivity contribution in [2.24, 2.45) is 5.16 Å². The van der Waals surface area contributed by atoms with Crippen LogP contribution >= 0.6 is 0 Å². The van der Waals surface area contributed by atoms with Crippen LogP contribution in [0.2, 0.25) is 0 Å². The molecular weight excluding hydrogens is 260 g/mol. The summed E-state index contributed by atoms with van der Waals surface area (Å²) in [5.41, 5.74) is 4.17. The number of rotatable bonds is 1. The van der Waals surface area contributed by atoms with Gasteiger partial charge in [0.25, 0.3) is 0 Å². The van der Waals surface area contributed by atoms with E-state index in [1.165, 1.54) is 6.07 Å². The van der Waals surface area contributed by atoms with E-state index >= 15 is 0 Å². The second-order valence-corrected chi connectivity index (χ2v) is 4.90. The number of fused-ring (bicyclic) bond motifs is 1. The quantitative estimate of drug-likeness (QED) is 0.614. The second-order valence-electron chi connectivity index (χ2n) is 4.90. The van der Waals surface area contributed by atoms with Gasteiger partial charge in [0.15, 0.2) is 11.6 Å². The zero-order valence-electron chi connectivity index (χ0n) is 10.7. The van der Waals surface area contributed by atoms with Crippen LogP contribution in [-0.4, -0.2) is 10.9 Å². The molecule has 0 atom stereocenters. The monoisotopic (exact) mass is 273 g/mol. The van der Waals surface area contributed by atoms with Crippen LogP contribution in [0.25, 0.3) is 11.1 Å². The standard InChI is InChI=1S/C16H13F2NO/c17-14-7-5-11(9-15(14)18)10-4-6-13-12(8-10)2-1-3-16(13)19-20/h4-9,20H,1-3H2/b19-16+. The second kappa shape index (κ2) is 5.04. The van der Waals surface area contributed by atoms with Crippen molar-refractivity contribution in [3.63, 3.8) is 0 Å². The minimum absolute atomic E-state index is 0.639. The van der Waals surface area contributed by atoms with Gasteiger partial charge in [0.2, 0.25) is 0 Å². The Morgan fingerprint density at radius 2 is 1.65 bits per heavy atom. The SMILES string of the molecule is O/N=C1\CCCc2cc(-c3ccc(F)c(F)c3)ccc21. The summed E-state index contributed by atoms with van der Waals surface area (Å²) >= 11 is 0. The maximum absolute atomic E-state index is 13.3. The Hall–Kier alpha value is -2.23. The summed E-state index contributed by atoms with van der Waals surface area (Å²) in [4.78, 5) is 0. The van der Waals surface area contributed by atoms with Crippen molar-refractivity contribution in [3.8, 4) is 11.1 Å². The van der Waals surface area contributed by atoms with Crippen molar-refractivity contribution >= 4 is 5.71 Å². The molecule has 4 heteroatoms. The lowest BCUT2D eigenvalue weighted by Crippen LogP contribution is -2.11. The molecule has 0 heterocycles. The van der Waals surface area contributed by atoms with Crippen molar-refractivity contribution in [2.75, 3.05) is 0 Å². The van der Waals surface area contributed by atoms with Crippen molar-refractivity contribution in [1.82, 2.24) is 0 Å². The molecule has 2 nitrogen and oxygen atoms in total. The molecular formula is C16H13F2NO. The predicted molar refractivity (Wildman–Crippen MR) is 73.1 cm³/mol. The first-order chi connectivity index (χ1) is 9.69. The van der Waals surface area contributed by atoms with Gasteiger partial charge in [-0.3, -0.25) is 0 Å². The largest absolute Gasteiger partial charge is 0.411 e. The fraction of sp³-hybridized carbons (Fsp3) is 0.188. The average molecular weight is 273 g/mol. The van der Waals surface area contributed by atoms with Crippen LogP contribution in [0.15, 0.2) is 41.6 Å². The molecule has 2 aromatic carbocycles. The maximum atomic E-state index is 13.3. The molecule has 0 aliphatic heterocycles. The van der Waals surface area contributed by atoms with Gasteiger partial charge in [0, 0.05) is 5.56 Å². The third-order valence-corrected chi connectivity index (χ3v) is 3.65. The van der Waals surface area contributed by atoms with Gasteiger partial charge in [0.1, 0.15) is 0 Å². The Morgan fingerprint density at radius 1 is 0.900 bits per heavy atom. The smallest absolute Gasteiger partial charge is 0.159 e. The van der Waals surface area contributed by atoms with Gasteiger partial charge in [-0.2, -0.15) is 0 Å². The number of hydrogen-bond acceptors (Lipinski definition) is 2. The van der Waals surface area contributed by atoms with Crippen LogP contribution in [0.4, 0.5) is 8.78 Å². The van der Waals surface area contributed by atoms with E-state index in [0.717, 1.165) is 42.0 Å². The summed E-state index contributed by atoms with van der Waals surface area (Å²) in [5.74, 6) is -1.70. The summed E-state index contributed by atoms with van der Waals surface area (Å²) in [6, 6.07) is 9.55. The maximum Gasteiger partial charge on any atom is 0.159 e. The van der Waals surface area contributed by atoms with E-state index in [0.29, 0.717) is 11.3 Å². The molecule has 1 N–H and O–H groups in total. The molecule has 0 radical (unpaired) electrons. The Balaban J connectivity index is 2.06. The van der Waals surface area contributed by atoms with Crippen LogP contribution in [0.3, 0.4) is 0 Å². The minimum atomic E-state index is -0.849. The molecule has 0 amide bonds. The Kier molecular flexibility index (Phi) is 3.22. The minimum Gasteiger partial charge on any atom is -0.411 e. The number of benzene rings is 2. The van der Waals surface area contributed by atoms with Crippen LogP contribution < -0.4 is 0 Å². The number of aryl methyl sites for hydroxylation is 1. The topological polar surface area (TPSA) is 32.6 Å². The molecule has 0 saturated heterocycles. The molecule has 0 saturated carbocycles. The highest BCUT2D eigenvalue weighted by Gasteiger charge is 2.16. The first kappa shape index (κ1) is 12.8. The van der Waals surface area contributed by atoms with E-state index in [-0.39, 0.29) is 0 Å². The summed E-state index contributed by atoms with van der Waals surface area (Å²) in [6.07, 6.45) is 2.58. The van der Waals surface area contributed by atoms with Gasteiger partial charge in [-0.15, -0.1) is 0 Å². The van der Waals surface area contributed by atoms with E-state index in [2.05, 4.69) is 5.16 Å². The van der Waals surface area contributed by atoms with Gasteiger partial charge >= 0.3 is 0 Å². The summed E-state index contributed by atoms with van der Waals surface area (Å²) in [7, 11) is 0. The van der Waals surface area contributed by atoms with Gasteiger partial charge in [-0.05, 0) is 48.1 Å². The fourth-order valence-corrected chi connectivity index (χ4v) is 2.62. The van der Waals surface area contributed by atoms with E-state index in [9.17, 15) is 8.78 Å². The lowest BCUT2D eigenvalue weighted by molar-refractivity contribution is 0.317. The molecule has 0 bridgehead atoms. The van der Waals surface area contributed by atoms with E-state index < -0.39 is 11.6 Å². The fourth-order valence-electron chi connectivity index (χ4n) is 2.62. The van der Waals surface area contributed by atoms with Gasteiger partial charge in [-0.1, -0.05) is 29.4 Å². The highest BCUT2D eigenvalue weighted by Crippen LogP contribution is 2.28. The molecule has 1 aliphatic rings. The van der Waals surface area contributed by atoms with Crippen LogP contribution in [-0.2, 0) is 6.42 Å². The van der Waals surface area contributed by atoms with E-state index in [4.69, 9.17) is 5.21 Å². The summed E-state index contributed by atoms with van der Waals surface area (Å²) in [5, 5.41) is 12.3. The van der Waals surface area contributed by atoms with Gasteiger partial charge in [-0.25, -0.2) is 8.78 Å². The molecule has 0 aromatic heterocycles. The predicted octanol–water partition coefficient (Wildman–Crippen LogP) is 4.15. The summed E-state index contributed by atoms with van der Waals surface area (Å²) in [6.45, 7) is 0. The number of oxime groups is 1. The Morgan fingerprint density at radius 3 is 2.40 bits per heavy atom. The van der Waals surface area contributed by atoms with Crippen LogP contribution in [0.5, 0.6) is 0 Å². The van der Waals surface area contributed by atoms with Crippen molar-refractivity contribution < 1.29 is 14.0 Å². The number of hydrogen-bond donors (Lipinski definition) is 1. The van der Waals surface area contributed by atoms with Crippen molar-refractivity contribution in [1.29, 1.82) is 0 Å². The highest BCUT2D eigenvalue weighted by molar-refractivity contribution is 6.02. The van der Waals surface area contributed by atoms with Gasteiger partial charge < -0.3 is 5.21 Å². The molecule has 2 aromatic rings. The highest BCUT2D eigenvalue weighted by atomic mass is 19.2. The number of halogens is 2. The number of nitrogens with zero attached hydrogens (tertiary/aromatic N) is 1. The molecule has 102 valence electrons. The summed E-state index contributed by atoms with van der Waals surface area (Å²) < 4.78 is 26.3.